The second-order valence-corrected chi connectivity index (χ2v) is 7.23. The molecule has 1 aromatic heterocycles. The lowest BCUT2D eigenvalue weighted by Gasteiger charge is -2.11. The van der Waals surface area contributed by atoms with Gasteiger partial charge in [0.05, 0.1) is 6.54 Å². The van der Waals surface area contributed by atoms with Crippen LogP contribution in [0.4, 0.5) is 0 Å². The van der Waals surface area contributed by atoms with Crippen LogP contribution in [0.3, 0.4) is 0 Å². The molecule has 0 unspecified atom stereocenters. The van der Waals surface area contributed by atoms with Crippen molar-refractivity contribution in [2.24, 2.45) is 0 Å². The number of fused-ring (bicyclic) bond motifs is 3. The molecule has 0 spiro atoms. The minimum atomic E-state index is 0.777. The fraction of sp³-hybridized carbons (Fsp3) is 0.500. The first kappa shape index (κ1) is 29.5. The van der Waals surface area contributed by atoms with E-state index in [0.717, 1.165) is 29.9 Å². The Bertz CT molecular complexity index is 811. The van der Waals surface area contributed by atoms with Gasteiger partial charge in [-0.15, -0.1) is 0 Å². The summed E-state index contributed by atoms with van der Waals surface area (Å²) < 4.78 is 0. The average Bonchev–Trinajstić information content (AvgIpc) is 3.23. The fourth-order valence-electron chi connectivity index (χ4n) is 2.88. The highest BCUT2D eigenvalue weighted by Crippen LogP contribution is 2.32. The van der Waals surface area contributed by atoms with Crippen LogP contribution in [0.5, 0.6) is 0 Å². The first-order chi connectivity index (χ1) is 15.6. The van der Waals surface area contributed by atoms with Crippen molar-refractivity contribution in [1.82, 2.24) is 19.9 Å². The van der Waals surface area contributed by atoms with Crippen molar-refractivity contribution < 1.29 is 0 Å². The molecule has 32 heavy (non-hydrogen) atoms. The molecule has 178 valence electrons. The third-order valence-corrected chi connectivity index (χ3v) is 5.01. The molecule has 0 atom stereocenters. The summed E-state index contributed by atoms with van der Waals surface area (Å²) in [7, 11) is 2.16. The molecule has 0 radical (unpaired) electrons. The number of allylic oxidation sites excluding steroid dienone is 5. The lowest BCUT2D eigenvalue weighted by Crippen LogP contribution is -2.18. The van der Waals surface area contributed by atoms with Gasteiger partial charge in [-0.3, -0.25) is 0 Å². The summed E-state index contributed by atoms with van der Waals surface area (Å²) in [6.07, 6.45) is 11.6. The number of hydrogen-bond acceptors (Lipinski definition) is 3. The largest absolute Gasteiger partial charge is 0.307 e. The molecule has 0 bridgehead atoms. The molecule has 4 nitrogen and oxygen atoms in total. The van der Waals surface area contributed by atoms with E-state index in [-0.39, 0.29) is 0 Å². The predicted molar refractivity (Wildman–Crippen MR) is 143 cm³/mol. The number of rotatable bonds is 6. The maximum Gasteiger partial charge on any atom is 0.121 e. The van der Waals surface area contributed by atoms with Gasteiger partial charge in [-0.05, 0) is 59.3 Å². The lowest BCUT2D eigenvalue weighted by molar-refractivity contribution is 0.346. The van der Waals surface area contributed by atoms with Crippen molar-refractivity contribution in [3.63, 3.8) is 0 Å². The highest BCUT2D eigenvalue weighted by molar-refractivity contribution is 5.84. The van der Waals surface area contributed by atoms with Gasteiger partial charge < -0.3 is 4.90 Å². The van der Waals surface area contributed by atoms with E-state index in [4.69, 9.17) is 0 Å². The molecule has 1 heterocycles. The van der Waals surface area contributed by atoms with E-state index in [9.17, 15) is 0 Å². The summed E-state index contributed by atoms with van der Waals surface area (Å²) in [5.74, 6) is 0. The molecule has 2 aromatic rings. The van der Waals surface area contributed by atoms with Crippen molar-refractivity contribution in [3.05, 3.63) is 66.4 Å². The van der Waals surface area contributed by atoms with E-state index in [1.165, 1.54) is 37.1 Å². The van der Waals surface area contributed by atoms with E-state index in [0.29, 0.717) is 0 Å². The Morgan fingerprint density at radius 2 is 1.66 bits per heavy atom. The lowest BCUT2D eigenvalue weighted by atomic mass is 10.0. The van der Waals surface area contributed by atoms with Crippen molar-refractivity contribution in [2.75, 3.05) is 20.1 Å². The molecule has 0 amide bonds. The predicted octanol–water partition coefficient (Wildman–Crippen LogP) is 7.44. The highest BCUT2D eigenvalue weighted by Gasteiger charge is 2.19. The number of aromatic nitrogens is 3. The second kappa shape index (κ2) is 18.1. The van der Waals surface area contributed by atoms with Crippen LogP contribution in [-0.4, -0.2) is 40.0 Å². The Balaban J connectivity index is 0.000000577. The Labute approximate surface area is 197 Å². The molecule has 1 aliphatic carbocycles. The second-order valence-electron chi connectivity index (χ2n) is 7.23. The summed E-state index contributed by atoms with van der Waals surface area (Å²) in [4.78, 5) is 4.08. The van der Waals surface area contributed by atoms with Gasteiger partial charge in [0.15, 0.2) is 0 Å². The molecule has 0 saturated carbocycles. The van der Waals surface area contributed by atoms with E-state index in [1.54, 1.807) is 4.80 Å². The van der Waals surface area contributed by atoms with E-state index >= 15 is 0 Å². The first-order valence-corrected chi connectivity index (χ1v) is 12.2. The molecule has 4 heteroatoms. The molecule has 1 aliphatic rings. The maximum atomic E-state index is 4.59. The van der Waals surface area contributed by atoms with Crippen molar-refractivity contribution in [2.45, 2.75) is 74.3 Å². The zero-order chi connectivity index (χ0) is 24.4. The normalized spacial score (nSPS) is 11.5. The summed E-state index contributed by atoms with van der Waals surface area (Å²) >= 11 is 0. The van der Waals surface area contributed by atoms with Crippen LogP contribution in [0.1, 0.15) is 72.6 Å². The van der Waals surface area contributed by atoms with Crippen molar-refractivity contribution in [3.8, 4) is 11.3 Å². The van der Waals surface area contributed by atoms with Crippen LogP contribution in [0.15, 0.2) is 55.1 Å². The fourth-order valence-corrected chi connectivity index (χ4v) is 2.88. The smallest absolute Gasteiger partial charge is 0.121 e. The summed E-state index contributed by atoms with van der Waals surface area (Å²) in [5.41, 5.74) is 5.45. The highest BCUT2D eigenvalue weighted by atomic mass is 15.5. The number of benzene rings is 1. The average molecular weight is 439 g/mol. The minimum Gasteiger partial charge on any atom is -0.307 e. The SMILES string of the molecule is C/C=C\C.C=CC1=CCc2ccccc2-c2nn(CC)nc21.CC.CCCCN(C)CC. The van der Waals surface area contributed by atoms with Crippen LogP contribution in [-0.2, 0) is 13.0 Å². The van der Waals surface area contributed by atoms with Gasteiger partial charge in [-0.1, -0.05) is 89.3 Å². The third kappa shape index (κ3) is 9.78. The number of nitrogens with zero attached hydrogens (tertiary/aromatic N) is 4. The zero-order valence-corrected chi connectivity index (χ0v) is 21.9. The monoisotopic (exact) mass is 438 g/mol. The van der Waals surface area contributed by atoms with Crippen LogP contribution in [0.2, 0.25) is 0 Å². The molecule has 0 fully saturated rings. The Kier molecular flexibility index (Phi) is 16.7. The van der Waals surface area contributed by atoms with Gasteiger partial charge in [0, 0.05) is 11.1 Å². The van der Waals surface area contributed by atoms with Crippen LogP contribution in [0, 0.1) is 0 Å². The van der Waals surface area contributed by atoms with E-state index < -0.39 is 0 Å². The number of aryl methyl sites for hydroxylation is 1. The molecular formula is C28H46N4. The van der Waals surface area contributed by atoms with Gasteiger partial charge in [-0.25, -0.2) is 0 Å². The molecule has 0 N–H and O–H groups in total. The minimum absolute atomic E-state index is 0.777. The molecule has 0 aliphatic heterocycles. The first-order valence-electron chi connectivity index (χ1n) is 12.2. The number of hydrogen-bond donors (Lipinski definition) is 0. The molecular weight excluding hydrogens is 392 g/mol. The summed E-state index contributed by atoms with van der Waals surface area (Å²) in [5, 5.41) is 9.13. The van der Waals surface area contributed by atoms with E-state index in [1.807, 2.05) is 58.9 Å². The Morgan fingerprint density at radius 1 is 1.03 bits per heavy atom. The quantitative estimate of drug-likeness (QED) is 0.439. The molecule has 3 rings (SSSR count). The van der Waals surface area contributed by atoms with Crippen LogP contribution >= 0.6 is 0 Å². The van der Waals surface area contributed by atoms with E-state index in [2.05, 4.69) is 66.8 Å². The zero-order valence-electron chi connectivity index (χ0n) is 21.9. The standard InChI is InChI=1S/C15H15N3.C7H17N.C4H8.C2H6/c1-3-11-9-10-12-7-5-6-8-13(12)15-14(11)16-18(4-2)17-15;1-4-6-7-8(3)5-2;1-3-4-2;1-2/h3,5-9H,1,4,10H2,2H3;4-7H2,1-3H3;3-4H,1-2H3;1-2H3/b;;4-3-;. The Morgan fingerprint density at radius 3 is 2.19 bits per heavy atom. The van der Waals surface area contributed by atoms with Gasteiger partial charge in [0.25, 0.3) is 0 Å². The maximum absolute atomic E-state index is 4.59. The summed E-state index contributed by atoms with van der Waals surface area (Å²) in [6.45, 7) is 21.6. The van der Waals surface area contributed by atoms with Crippen LogP contribution in [0.25, 0.3) is 16.8 Å². The molecule has 0 saturated heterocycles. The molecule has 1 aromatic carbocycles. The van der Waals surface area contributed by atoms with Gasteiger partial charge >= 0.3 is 0 Å². The number of unbranched alkanes of at least 4 members (excludes halogenated alkanes) is 1. The Hall–Kier alpha value is -2.46. The summed E-state index contributed by atoms with van der Waals surface area (Å²) in [6, 6.07) is 8.37. The topological polar surface area (TPSA) is 34.0 Å². The third-order valence-electron chi connectivity index (χ3n) is 5.01. The van der Waals surface area contributed by atoms with Gasteiger partial charge in [-0.2, -0.15) is 15.0 Å². The van der Waals surface area contributed by atoms with Crippen molar-refractivity contribution >= 4 is 5.57 Å². The van der Waals surface area contributed by atoms with Gasteiger partial charge in [0.1, 0.15) is 11.4 Å². The van der Waals surface area contributed by atoms with Crippen molar-refractivity contribution in [1.29, 1.82) is 0 Å². The van der Waals surface area contributed by atoms with Crippen LogP contribution < -0.4 is 0 Å². The van der Waals surface area contributed by atoms with Gasteiger partial charge in [0.2, 0.25) is 0 Å².